The van der Waals surface area contributed by atoms with Gasteiger partial charge in [-0.15, -0.1) is 0 Å². The number of carbonyl (C=O) groups excluding carboxylic acids is 1. The summed E-state index contributed by atoms with van der Waals surface area (Å²) in [4.78, 5) is 15.0. The molecule has 5 heteroatoms. The molecule has 1 saturated heterocycles. The third kappa shape index (κ3) is 1.93. The van der Waals surface area contributed by atoms with E-state index in [0.29, 0.717) is 18.7 Å². The number of pyridine rings is 1. The Morgan fingerprint density at radius 1 is 1.57 bits per heavy atom. The molecule has 74 valence electrons. The molecule has 1 unspecified atom stereocenters. The molecule has 1 aromatic heterocycles. The monoisotopic (exact) mass is 192 g/mol. The third-order valence-corrected chi connectivity index (χ3v) is 2.12. The van der Waals surface area contributed by atoms with Crippen LogP contribution in [-0.4, -0.2) is 23.5 Å². The van der Waals surface area contributed by atoms with Gasteiger partial charge in [0.2, 0.25) is 5.91 Å². The molecule has 4 N–H and O–H groups in total. The maximum Gasteiger partial charge on any atom is 0.222 e. The highest BCUT2D eigenvalue weighted by atomic mass is 16.1. The summed E-state index contributed by atoms with van der Waals surface area (Å²) in [6.45, 7) is 0.658. The molecule has 14 heavy (non-hydrogen) atoms. The first-order chi connectivity index (χ1) is 6.74. The first kappa shape index (κ1) is 8.80. The van der Waals surface area contributed by atoms with E-state index >= 15 is 0 Å². The van der Waals surface area contributed by atoms with Gasteiger partial charge in [0.05, 0.1) is 17.9 Å². The summed E-state index contributed by atoms with van der Waals surface area (Å²) in [5.41, 5.74) is 6.14. The SMILES string of the molecule is Nc1ccc(NC2CNC(=O)C2)nc1. The molecule has 1 aliphatic heterocycles. The van der Waals surface area contributed by atoms with Crippen LogP contribution in [0.3, 0.4) is 0 Å². The molecule has 2 rings (SSSR count). The van der Waals surface area contributed by atoms with Crippen molar-refractivity contribution in [2.24, 2.45) is 0 Å². The van der Waals surface area contributed by atoms with Gasteiger partial charge in [-0.3, -0.25) is 4.79 Å². The van der Waals surface area contributed by atoms with Crippen molar-refractivity contribution in [3.63, 3.8) is 0 Å². The highest BCUT2D eigenvalue weighted by molar-refractivity contribution is 5.79. The normalized spacial score (nSPS) is 20.6. The first-order valence-corrected chi connectivity index (χ1v) is 4.49. The Kier molecular flexibility index (Phi) is 2.22. The van der Waals surface area contributed by atoms with E-state index in [0.717, 1.165) is 5.82 Å². The third-order valence-electron chi connectivity index (χ3n) is 2.12. The topological polar surface area (TPSA) is 80.0 Å². The minimum absolute atomic E-state index is 0.0814. The van der Waals surface area contributed by atoms with Gasteiger partial charge in [-0.1, -0.05) is 0 Å². The number of nitrogens with one attached hydrogen (secondary N) is 2. The van der Waals surface area contributed by atoms with E-state index in [2.05, 4.69) is 15.6 Å². The van der Waals surface area contributed by atoms with E-state index in [9.17, 15) is 4.79 Å². The summed E-state index contributed by atoms with van der Waals surface area (Å²) in [7, 11) is 0. The molecule has 0 spiro atoms. The van der Waals surface area contributed by atoms with Gasteiger partial charge >= 0.3 is 0 Å². The fourth-order valence-corrected chi connectivity index (χ4v) is 1.41. The smallest absolute Gasteiger partial charge is 0.222 e. The lowest BCUT2D eigenvalue weighted by Gasteiger charge is -2.10. The van der Waals surface area contributed by atoms with Gasteiger partial charge < -0.3 is 16.4 Å². The predicted octanol–water partition coefficient (Wildman–Crippen LogP) is -0.0358. The van der Waals surface area contributed by atoms with Crippen molar-refractivity contribution in [2.75, 3.05) is 17.6 Å². The molecule has 0 saturated carbocycles. The lowest BCUT2D eigenvalue weighted by molar-refractivity contribution is -0.119. The number of hydrogen-bond acceptors (Lipinski definition) is 4. The minimum Gasteiger partial charge on any atom is -0.397 e. The molecule has 1 aromatic rings. The molecule has 0 aliphatic carbocycles. The average Bonchev–Trinajstić information content (AvgIpc) is 2.56. The number of nitrogens with zero attached hydrogens (tertiary/aromatic N) is 1. The highest BCUT2D eigenvalue weighted by Gasteiger charge is 2.20. The van der Waals surface area contributed by atoms with Crippen molar-refractivity contribution in [2.45, 2.75) is 12.5 Å². The zero-order valence-electron chi connectivity index (χ0n) is 7.66. The van der Waals surface area contributed by atoms with Crippen molar-refractivity contribution >= 4 is 17.4 Å². The van der Waals surface area contributed by atoms with E-state index in [4.69, 9.17) is 5.73 Å². The number of rotatable bonds is 2. The quantitative estimate of drug-likeness (QED) is 0.614. The number of carbonyl (C=O) groups is 1. The summed E-state index contributed by atoms with van der Waals surface area (Å²) in [5, 5.41) is 5.90. The molecular formula is C9H12N4O. The van der Waals surface area contributed by atoms with Gasteiger partial charge in [0.1, 0.15) is 5.82 Å². The summed E-state index contributed by atoms with van der Waals surface area (Å²) in [6, 6.07) is 3.72. The van der Waals surface area contributed by atoms with Crippen LogP contribution < -0.4 is 16.4 Å². The van der Waals surface area contributed by atoms with E-state index in [1.807, 2.05) is 0 Å². The van der Waals surface area contributed by atoms with Crippen LogP contribution in [0.1, 0.15) is 6.42 Å². The van der Waals surface area contributed by atoms with Gasteiger partial charge in [0.15, 0.2) is 0 Å². The number of nitrogens with two attached hydrogens (primary N) is 1. The number of nitrogen functional groups attached to an aromatic ring is 1. The molecular weight excluding hydrogens is 180 g/mol. The van der Waals surface area contributed by atoms with E-state index in [1.165, 1.54) is 0 Å². The number of amides is 1. The molecule has 1 aliphatic rings. The molecule has 1 amide bonds. The standard InChI is InChI=1S/C9H12N4O/c10-6-1-2-8(11-4-6)13-7-3-9(14)12-5-7/h1-2,4,7H,3,5,10H2,(H,11,13)(H,12,14). The molecule has 2 heterocycles. The van der Waals surface area contributed by atoms with Gasteiger partial charge in [-0.25, -0.2) is 4.98 Å². The van der Waals surface area contributed by atoms with Crippen LogP contribution in [0.2, 0.25) is 0 Å². The second-order valence-electron chi connectivity index (χ2n) is 3.33. The maximum absolute atomic E-state index is 10.9. The van der Waals surface area contributed by atoms with Crippen LogP contribution in [0.15, 0.2) is 18.3 Å². The highest BCUT2D eigenvalue weighted by Crippen LogP contribution is 2.10. The zero-order valence-corrected chi connectivity index (χ0v) is 7.66. The van der Waals surface area contributed by atoms with Crippen molar-refractivity contribution < 1.29 is 4.79 Å². The van der Waals surface area contributed by atoms with Crippen molar-refractivity contribution in [1.82, 2.24) is 10.3 Å². The Morgan fingerprint density at radius 2 is 2.43 bits per heavy atom. The summed E-state index contributed by atoms with van der Waals surface area (Å²) in [6.07, 6.45) is 2.10. The Hall–Kier alpha value is -1.78. The van der Waals surface area contributed by atoms with Gasteiger partial charge in [0.25, 0.3) is 0 Å². The molecule has 0 aromatic carbocycles. The predicted molar refractivity (Wildman–Crippen MR) is 53.7 cm³/mol. The Labute approximate surface area is 81.7 Å². The van der Waals surface area contributed by atoms with Crippen molar-refractivity contribution in [1.29, 1.82) is 0 Å². The lowest BCUT2D eigenvalue weighted by Crippen LogP contribution is -2.22. The molecule has 0 radical (unpaired) electrons. The first-order valence-electron chi connectivity index (χ1n) is 4.49. The van der Waals surface area contributed by atoms with Crippen LogP contribution >= 0.6 is 0 Å². The van der Waals surface area contributed by atoms with Crippen LogP contribution in [0.25, 0.3) is 0 Å². The van der Waals surface area contributed by atoms with E-state index in [1.54, 1.807) is 18.3 Å². The van der Waals surface area contributed by atoms with Crippen LogP contribution in [0.5, 0.6) is 0 Å². The van der Waals surface area contributed by atoms with E-state index < -0.39 is 0 Å². The molecule has 5 nitrogen and oxygen atoms in total. The van der Waals surface area contributed by atoms with Crippen LogP contribution in [-0.2, 0) is 4.79 Å². The molecule has 1 fully saturated rings. The van der Waals surface area contributed by atoms with Crippen LogP contribution in [0, 0.1) is 0 Å². The zero-order chi connectivity index (χ0) is 9.97. The Morgan fingerprint density at radius 3 is 3.00 bits per heavy atom. The Balaban J connectivity index is 1.97. The molecule has 1 atom stereocenters. The summed E-state index contributed by atoms with van der Waals surface area (Å²) in [5.74, 6) is 0.832. The molecule has 0 bridgehead atoms. The van der Waals surface area contributed by atoms with Gasteiger partial charge in [0, 0.05) is 13.0 Å². The van der Waals surface area contributed by atoms with Crippen LogP contribution in [0.4, 0.5) is 11.5 Å². The van der Waals surface area contributed by atoms with Crippen molar-refractivity contribution in [3.8, 4) is 0 Å². The lowest BCUT2D eigenvalue weighted by atomic mass is 10.2. The number of hydrogen-bond donors (Lipinski definition) is 3. The fourth-order valence-electron chi connectivity index (χ4n) is 1.41. The Bertz CT molecular complexity index is 335. The second-order valence-corrected chi connectivity index (χ2v) is 3.33. The summed E-state index contributed by atoms with van der Waals surface area (Å²) >= 11 is 0. The van der Waals surface area contributed by atoms with E-state index in [-0.39, 0.29) is 11.9 Å². The number of anilines is 2. The second kappa shape index (κ2) is 3.53. The maximum atomic E-state index is 10.9. The fraction of sp³-hybridized carbons (Fsp3) is 0.333. The average molecular weight is 192 g/mol. The van der Waals surface area contributed by atoms with Gasteiger partial charge in [-0.2, -0.15) is 0 Å². The number of aromatic nitrogens is 1. The minimum atomic E-state index is 0.0814. The van der Waals surface area contributed by atoms with Crippen molar-refractivity contribution in [3.05, 3.63) is 18.3 Å². The summed E-state index contributed by atoms with van der Waals surface area (Å²) < 4.78 is 0. The van der Waals surface area contributed by atoms with Gasteiger partial charge in [-0.05, 0) is 12.1 Å². The largest absolute Gasteiger partial charge is 0.397 e.